The van der Waals surface area contributed by atoms with Crippen molar-refractivity contribution in [2.45, 2.75) is 51.9 Å². The number of nitrogens with one attached hydrogen (secondary N) is 1. The van der Waals surface area contributed by atoms with E-state index in [1.807, 2.05) is 37.3 Å². The first kappa shape index (κ1) is 34.8. The van der Waals surface area contributed by atoms with E-state index in [0.717, 1.165) is 18.1 Å². The fourth-order valence-electron chi connectivity index (χ4n) is 5.93. The minimum Gasteiger partial charge on any atom is -0.461 e. The van der Waals surface area contributed by atoms with Crippen LogP contribution < -0.4 is 10.2 Å². The van der Waals surface area contributed by atoms with Crippen molar-refractivity contribution in [2.24, 2.45) is 5.92 Å². The molecule has 254 valence electrons. The van der Waals surface area contributed by atoms with Crippen molar-refractivity contribution < 1.29 is 38.2 Å². The standard InChI is InChI=1S/C37H38N4O8/c1-4-26-21-29(13-14-31(26)38-3)39-34(43)32(49-24(2)42)33-36(45)41(19-20-47-33)30-12-8-11-28(22-30)35(44)40-17-15-27(16-18-40)37(46)48-23-25-9-6-5-7-10-25/h5-14,21-22,27,32-33H,4,15-20,23H2,1-2H3,(H,39,43)/t32-,33-/m1/s1. The highest BCUT2D eigenvalue weighted by atomic mass is 16.6. The molecule has 0 saturated carbocycles. The fourth-order valence-corrected chi connectivity index (χ4v) is 5.93. The van der Waals surface area contributed by atoms with Crippen LogP contribution in [0.25, 0.3) is 4.85 Å². The van der Waals surface area contributed by atoms with E-state index < -0.39 is 30.0 Å². The number of likely N-dealkylation sites (tertiary alicyclic amines) is 1. The topological polar surface area (TPSA) is 136 Å². The number of benzene rings is 3. The van der Waals surface area contributed by atoms with Crippen LogP contribution in [0.1, 0.15) is 48.2 Å². The lowest BCUT2D eigenvalue weighted by atomic mass is 9.96. The summed E-state index contributed by atoms with van der Waals surface area (Å²) in [6.07, 6.45) is -1.51. The summed E-state index contributed by atoms with van der Waals surface area (Å²) < 4.78 is 16.5. The number of esters is 2. The Hall–Kier alpha value is -5.54. The van der Waals surface area contributed by atoms with Crippen LogP contribution in [0.15, 0.2) is 72.8 Å². The minimum atomic E-state index is -1.59. The lowest BCUT2D eigenvalue weighted by Crippen LogP contribution is -2.56. The third kappa shape index (κ3) is 8.49. The Bertz CT molecular complexity index is 1750. The number of rotatable bonds is 10. The molecule has 2 heterocycles. The van der Waals surface area contributed by atoms with Gasteiger partial charge in [0.15, 0.2) is 11.8 Å². The Labute approximate surface area is 284 Å². The second kappa shape index (κ2) is 16.0. The van der Waals surface area contributed by atoms with E-state index in [1.54, 1.807) is 47.4 Å². The van der Waals surface area contributed by atoms with E-state index in [9.17, 15) is 24.0 Å². The van der Waals surface area contributed by atoms with Crippen molar-refractivity contribution in [3.8, 4) is 0 Å². The molecule has 2 saturated heterocycles. The van der Waals surface area contributed by atoms with Gasteiger partial charge in [-0.1, -0.05) is 49.4 Å². The molecule has 12 heteroatoms. The van der Waals surface area contributed by atoms with Crippen molar-refractivity contribution in [1.82, 2.24) is 4.90 Å². The van der Waals surface area contributed by atoms with Gasteiger partial charge in [0, 0.05) is 43.5 Å². The van der Waals surface area contributed by atoms with Gasteiger partial charge in [-0.25, -0.2) is 4.85 Å². The molecule has 5 rings (SSSR count). The molecule has 2 fully saturated rings. The number of piperidine rings is 1. The van der Waals surface area contributed by atoms with Gasteiger partial charge in [-0.3, -0.25) is 24.0 Å². The lowest BCUT2D eigenvalue weighted by Gasteiger charge is -2.35. The zero-order valence-electron chi connectivity index (χ0n) is 27.4. The summed E-state index contributed by atoms with van der Waals surface area (Å²) in [5.41, 5.74) is 3.27. The van der Waals surface area contributed by atoms with Gasteiger partial charge in [0.25, 0.3) is 17.7 Å². The Morgan fingerprint density at radius 3 is 2.45 bits per heavy atom. The second-order valence-corrected chi connectivity index (χ2v) is 11.8. The zero-order chi connectivity index (χ0) is 34.9. The third-order valence-electron chi connectivity index (χ3n) is 8.54. The fraction of sp³-hybridized carbons (Fsp3) is 0.351. The number of hydrogen-bond donors (Lipinski definition) is 1. The summed E-state index contributed by atoms with van der Waals surface area (Å²) in [6, 6.07) is 20.9. The summed E-state index contributed by atoms with van der Waals surface area (Å²) >= 11 is 0. The summed E-state index contributed by atoms with van der Waals surface area (Å²) in [4.78, 5) is 71.9. The first-order chi connectivity index (χ1) is 23.7. The van der Waals surface area contributed by atoms with Crippen molar-refractivity contribution in [2.75, 3.05) is 36.5 Å². The van der Waals surface area contributed by atoms with Crippen LogP contribution >= 0.6 is 0 Å². The molecule has 3 aromatic rings. The van der Waals surface area contributed by atoms with Gasteiger partial charge in [0.2, 0.25) is 6.10 Å². The van der Waals surface area contributed by atoms with Crippen LogP contribution in [-0.4, -0.2) is 73.0 Å². The molecule has 0 unspecified atom stereocenters. The number of carbonyl (C=O) groups excluding carboxylic acids is 5. The van der Waals surface area contributed by atoms with Crippen LogP contribution in [0.2, 0.25) is 0 Å². The third-order valence-corrected chi connectivity index (χ3v) is 8.54. The molecule has 0 radical (unpaired) electrons. The predicted molar refractivity (Wildman–Crippen MR) is 180 cm³/mol. The molecule has 3 amide bonds. The molecule has 0 aromatic heterocycles. The number of carbonyl (C=O) groups is 5. The highest BCUT2D eigenvalue weighted by Gasteiger charge is 2.43. The average molecular weight is 667 g/mol. The number of nitrogens with zero attached hydrogens (tertiary/aromatic N) is 3. The van der Waals surface area contributed by atoms with Gasteiger partial charge >= 0.3 is 11.9 Å². The highest BCUT2D eigenvalue weighted by molar-refractivity contribution is 6.05. The number of amides is 3. The van der Waals surface area contributed by atoms with Gasteiger partial charge in [-0.15, -0.1) is 0 Å². The van der Waals surface area contributed by atoms with E-state index in [4.69, 9.17) is 20.8 Å². The number of morpholine rings is 1. The molecule has 0 spiro atoms. The van der Waals surface area contributed by atoms with Crippen LogP contribution in [0.3, 0.4) is 0 Å². The van der Waals surface area contributed by atoms with Crippen molar-refractivity contribution in [3.05, 3.63) is 101 Å². The average Bonchev–Trinajstić information content (AvgIpc) is 3.13. The van der Waals surface area contributed by atoms with Gasteiger partial charge < -0.3 is 29.3 Å². The predicted octanol–water partition coefficient (Wildman–Crippen LogP) is 4.70. The molecule has 12 nitrogen and oxygen atoms in total. The summed E-state index contributed by atoms with van der Waals surface area (Å²) in [7, 11) is 0. The quantitative estimate of drug-likeness (QED) is 0.243. The van der Waals surface area contributed by atoms with Crippen molar-refractivity contribution >= 4 is 46.7 Å². The smallest absolute Gasteiger partial charge is 0.309 e. The number of aryl methyl sites for hydroxylation is 1. The maximum absolute atomic E-state index is 13.8. The van der Waals surface area contributed by atoms with Crippen LogP contribution in [0.5, 0.6) is 0 Å². The van der Waals surface area contributed by atoms with E-state index in [1.165, 1.54) is 4.90 Å². The molecule has 49 heavy (non-hydrogen) atoms. The maximum atomic E-state index is 13.8. The highest BCUT2D eigenvalue weighted by Crippen LogP contribution is 2.27. The molecular formula is C37H38N4O8. The van der Waals surface area contributed by atoms with Crippen LogP contribution in [-0.2, 0) is 46.4 Å². The number of hydrogen-bond acceptors (Lipinski definition) is 8. The Morgan fingerprint density at radius 2 is 1.76 bits per heavy atom. The zero-order valence-corrected chi connectivity index (χ0v) is 27.4. The normalized spacial score (nSPS) is 17.1. The van der Waals surface area contributed by atoms with E-state index >= 15 is 0 Å². The largest absolute Gasteiger partial charge is 0.461 e. The molecule has 2 atom stereocenters. The molecule has 0 aliphatic carbocycles. The van der Waals surface area contributed by atoms with Crippen LogP contribution in [0.4, 0.5) is 17.1 Å². The molecule has 2 aliphatic heterocycles. The first-order valence-corrected chi connectivity index (χ1v) is 16.2. The van der Waals surface area contributed by atoms with Crippen molar-refractivity contribution in [3.63, 3.8) is 0 Å². The first-order valence-electron chi connectivity index (χ1n) is 16.2. The molecule has 2 aliphatic rings. The molecule has 0 bridgehead atoms. The number of anilines is 2. The van der Waals surface area contributed by atoms with E-state index in [2.05, 4.69) is 10.2 Å². The van der Waals surface area contributed by atoms with Gasteiger partial charge in [0.1, 0.15) is 6.61 Å². The number of ether oxygens (including phenoxy) is 3. The molecular weight excluding hydrogens is 628 g/mol. The van der Waals surface area contributed by atoms with Gasteiger partial charge in [-0.05, 0) is 60.7 Å². The Balaban J connectivity index is 1.23. The monoisotopic (exact) mass is 666 g/mol. The lowest BCUT2D eigenvalue weighted by molar-refractivity contribution is -0.167. The molecule has 1 N–H and O–H groups in total. The summed E-state index contributed by atoms with van der Waals surface area (Å²) in [6.45, 7) is 11.5. The molecule has 3 aromatic carbocycles. The summed E-state index contributed by atoms with van der Waals surface area (Å²) in [5, 5.41) is 2.68. The Morgan fingerprint density at radius 1 is 1.00 bits per heavy atom. The van der Waals surface area contributed by atoms with Crippen LogP contribution in [0, 0.1) is 12.5 Å². The van der Waals surface area contributed by atoms with E-state index in [-0.39, 0.29) is 37.6 Å². The maximum Gasteiger partial charge on any atom is 0.309 e. The second-order valence-electron chi connectivity index (χ2n) is 11.8. The van der Waals surface area contributed by atoms with Gasteiger partial charge in [-0.2, -0.15) is 0 Å². The van der Waals surface area contributed by atoms with Crippen molar-refractivity contribution in [1.29, 1.82) is 0 Å². The Kier molecular flexibility index (Phi) is 11.4. The summed E-state index contributed by atoms with van der Waals surface area (Å²) in [5.74, 6) is -2.94. The SMILES string of the molecule is [C-]#[N+]c1ccc(NC(=O)[C@H](OC(C)=O)[C@H]2OCCN(c3cccc(C(=O)N4CCC(C(=O)OCc5ccccc5)CC4)c3)C2=O)cc1CC. The minimum absolute atomic E-state index is 0.0488. The van der Waals surface area contributed by atoms with Gasteiger partial charge in [0.05, 0.1) is 19.1 Å². The van der Waals surface area contributed by atoms with E-state index in [0.29, 0.717) is 55.0 Å².